The average Bonchev–Trinajstić information content (AvgIpc) is 3.17. The van der Waals surface area contributed by atoms with Crippen molar-refractivity contribution < 1.29 is 26.1 Å². The highest BCUT2D eigenvalue weighted by Gasteiger charge is 2.18. The molecule has 0 saturated heterocycles. The van der Waals surface area contributed by atoms with Crippen LogP contribution in [0.15, 0.2) is 70.1 Å². The lowest BCUT2D eigenvalue weighted by Gasteiger charge is -2.11. The first-order chi connectivity index (χ1) is 14.6. The van der Waals surface area contributed by atoms with Crippen molar-refractivity contribution in [2.24, 2.45) is 5.14 Å². The SMILES string of the molecule is Cc1cc(-c2cc(S(N)(=O)=O)ccc2-c2ccc(-c3ccc(F)c(F)c3F)cc2)on1. The number of primary sulfonamides is 1. The molecule has 3 aromatic carbocycles. The first-order valence-electron chi connectivity index (χ1n) is 9.00. The standard InChI is InChI=1S/C22H15F3N2O3S/c1-12-10-20(30-27-12)18-11-15(31(26,28)29)6-7-16(18)13-2-4-14(5-3-13)17-8-9-19(23)22(25)21(17)24/h2-11H,1H3,(H2,26,28,29). The van der Waals surface area contributed by atoms with Crippen LogP contribution in [0.4, 0.5) is 13.2 Å². The molecule has 0 saturated carbocycles. The molecule has 0 aliphatic rings. The molecule has 4 rings (SSSR count). The first kappa shape index (κ1) is 20.8. The van der Waals surface area contributed by atoms with Crippen LogP contribution in [0.3, 0.4) is 0 Å². The zero-order valence-electron chi connectivity index (χ0n) is 16.1. The van der Waals surface area contributed by atoms with Gasteiger partial charge in [-0.25, -0.2) is 26.7 Å². The van der Waals surface area contributed by atoms with Crippen molar-refractivity contribution in [3.63, 3.8) is 0 Å². The second-order valence-corrected chi connectivity index (χ2v) is 8.45. The fraction of sp³-hybridized carbons (Fsp3) is 0.0455. The summed E-state index contributed by atoms with van der Waals surface area (Å²) in [5, 5.41) is 9.09. The van der Waals surface area contributed by atoms with Gasteiger partial charge in [-0.2, -0.15) is 0 Å². The molecule has 31 heavy (non-hydrogen) atoms. The van der Waals surface area contributed by atoms with Gasteiger partial charge in [-0.15, -0.1) is 0 Å². The lowest BCUT2D eigenvalue weighted by atomic mass is 9.95. The molecular formula is C22H15F3N2O3S. The summed E-state index contributed by atoms with van der Waals surface area (Å²) < 4.78 is 69.8. The van der Waals surface area contributed by atoms with Gasteiger partial charge in [-0.3, -0.25) is 0 Å². The molecule has 4 aromatic rings. The molecule has 9 heteroatoms. The van der Waals surface area contributed by atoms with Gasteiger partial charge in [0.15, 0.2) is 23.2 Å². The van der Waals surface area contributed by atoms with E-state index in [4.69, 9.17) is 9.66 Å². The molecule has 0 fully saturated rings. The number of aromatic nitrogens is 1. The van der Waals surface area contributed by atoms with Crippen LogP contribution in [0.5, 0.6) is 0 Å². The number of aryl methyl sites for hydroxylation is 1. The third-order valence-corrected chi connectivity index (χ3v) is 5.67. The van der Waals surface area contributed by atoms with Gasteiger partial charge in [0.05, 0.1) is 10.6 Å². The van der Waals surface area contributed by atoms with Crippen LogP contribution in [0.2, 0.25) is 0 Å². The normalized spacial score (nSPS) is 11.6. The molecule has 0 amide bonds. The molecule has 2 N–H and O–H groups in total. The van der Waals surface area contributed by atoms with Crippen molar-refractivity contribution in [1.82, 2.24) is 5.16 Å². The minimum absolute atomic E-state index is 0.0823. The quantitative estimate of drug-likeness (QED) is 0.447. The summed E-state index contributed by atoms with van der Waals surface area (Å²) >= 11 is 0. The molecule has 0 bridgehead atoms. The summed E-state index contributed by atoms with van der Waals surface area (Å²) in [7, 11) is -3.95. The summed E-state index contributed by atoms with van der Waals surface area (Å²) in [6.45, 7) is 1.72. The van der Waals surface area contributed by atoms with Crippen molar-refractivity contribution in [3.8, 4) is 33.6 Å². The Kier molecular flexibility index (Phi) is 5.16. The van der Waals surface area contributed by atoms with Gasteiger partial charge in [-0.05, 0) is 47.9 Å². The molecule has 0 atom stereocenters. The Morgan fingerprint density at radius 3 is 2.00 bits per heavy atom. The second kappa shape index (κ2) is 7.68. The summed E-state index contributed by atoms with van der Waals surface area (Å²) in [5.74, 6) is -3.74. The fourth-order valence-electron chi connectivity index (χ4n) is 3.22. The highest BCUT2D eigenvalue weighted by molar-refractivity contribution is 7.89. The van der Waals surface area contributed by atoms with E-state index in [1.165, 1.54) is 12.1 Å². The maximum Gasteiger partial charge on any atom is 0.238 e. The van der Waals surface area contributed by atoms with Crippen molar-refractivity contribution in [2.45, 2.75) is 11.8 Å². The third kappa shape index (κ3) is 3.97. The molecule has 5 nitrogen and oxygen atoms in total. The zero-order valence-corrected chi connectivity index (χ0v) is 16.9. The highest BCUT2D eigenvalue weighted by Crippen LogP contribution is 2.35. The summed E-state index contributed by atoms with van der Waals surface area (Å²) in [4.78, 5) is -0.0965. The van der Waals surface area contributed by atoms with Crippen molar-refractivity contribution in [1.29, 1.82) is 0 Å². The fourth-order valence-corrected chi connectivity index (χ4v) is 3.76. The minimum Gasteiger partial charge on any atom is -0.356 e. The lowest BCUT2D eigenvalue weighted by molar-refractivity contribution is 0.427. The van der Waals surface area contributed by atoms with E-state index in [1.54, 1.807) is 43.3 Å². The molecular weight excluding hydrogens is 429 g/mol. The van der Waals surface area contributed by atoms with Crippen LogP contribution in [0.25, 0.3) is 33.6 Å². The Bertz CT molecular complexity index is 1400. The molecule has 0 radical (unpaired) electrons. The Morgan fingerprint density at radius 2 is 1.42 bits per heavy atom. The average molecular weight is 444 g/mol. The van der Waals surface area contributed by atoms with E-state index < -0.39 is 27.5 Å². The predicted molar refractivity (Wildman–Crippen MR) is 109 cm³/mol. The highest BCUT2D eigenvalue weighted by atomic mass is 32.2. The number of rotatable bonds is 4. The van der Waals surface area contributed by atoms with Crippen molar-refractivity contribution in [2.75, 3.05) is 0 Å². The molecule has 0 spiro atoms. The van der Waals surface area contributed by atoms with E-state index in [0.29, 0.717) is 33.7 Å². The topological polar surface area (TPSA) is 86.2 Å². The molecule has 1 aromatic heterocycles. The van der Waals surface area contributed by atoms with Gasteiger partial charge in [0.2, 0.25) is 10.0 Å². The Balaban J connectivity index is 1.82. The molecule has 1 heterocycles. The Morgan fingerprint density at radius 1 is 0.806 bits per heavy atom. The smallest absolute Gasteiger partial charge is 0.238 e. The van der Waals surface area contributed by atoms with Crippen molar-refractivity contribution in [3.05, 3.63) is 83.8 Å². The lowest BCUT2D eigenvalue weighted by Crippen LogP contribution is -2.12. The first-order valence-corrected chi connectivity index (χ1v) is 10.5. The van der Waals surface area contributed by atoms with Gasteiger partial charge in [0.25, 0.3) is 0 Å². The van der Waals surface area contributed by atoms with Crippen LogP contribution in [0, 0.1) is 24.4 Å². The number of nitrogens with zero attached hydrogens (tertiary/aromatic N) is 1. The Hall–Kier alpha value is -3.43. The van der Waals surface area contributed by atoms with E-state index in [-0.39, 0.29) is 10.5 Å². The van der Waals surface area contributed by atoms with E-state index in [2.05, 4.69) is 5.16 Å². The Labute approximate surface area is 176 Å². The predicted octanol–water partition coefficient (Wildman–Crippen LogP) is 5.05. The number of hydrogen-bond acceptors (Lipinski definition) is 4. The van der Waals surface area contributed by atoms with Crippen LogP contribution in [-0.2, 0) is 10.0 Å². The summed E-state index contributed by atoms with van der Waals surface area (Å²) in [6.07, 6.45) is 0. The van der Waals surface area contributed by atoms with E-state index in [0.717, 1.165) is 12.1 Å². The van der Waals surface area contributed by atoms with E-state index >= 15 is 0 Å². The van der Waals surface area contributed by atoms with Crippen LogP contribution < -0.4 is 5.14 Å². The molecule has 158 valence electrons. The largest absolute Gasteiger partial charge is 0.356 e. The maximum atomic E-state index is 14.1. The summed E-state index contributed by atoms with van der Waals surface area (Å²) in [6, 6.07) is 14.4. The van der Waals surface area contributed by atoms with Crippen LogP contribution >= 0.6 is 0 Å². The number of hydrogen-bond donors (Lipinski definition) is 1. The van der Waals surface area contributed by atoms with Crippen LogP contribution in [0.1, 0.15) is 5.69 Å². The summed E-state index contributed by atoms with van der Waals surface area (Å²) in [5.41, 5.74) is 2.57. The third-order valence-electron chi connectivity index (χ3n) is 4.76. The van der Waals surface area contributed by atoms with Crippen molar-refractivity contribution >= 4 is 10.0 Å². The number of benzene rings is 3. The molecule has 0 aliphatic heterocycles. The van der Waals surface area contributed by atoms with E-state index in [9.17, 15) is 21.6 Å². The molecule has 0 aliphatic carbocycles. The van der Waals surface area contributed by atoms with Gasteiger partial charge in [0, 0.05) is 17.2 Å². The number of nitrogens with two attached hydrogens (primary N) is 1. The molecule has 0 unspecified atom stereocenters. The monoisotopic (exact) mass is 444 g/mol. The number of sulfonamides is 1. The maximum absolute atomic E-state index is 14.1. The van der Waals surface area contributed by atoms with Gasteiger partial charge in [-0.1, -0.05) is 35.5 Å². The van der Waals surface area contributed by atoms with E-state index in [1.807, 2.05) is 0 Å². The van der Waals surface area contributed by atoms with Crippen LogP contribution in [-0.4, -0.2) is 13.6 Å². The minimum atomic E-state index is -3.95. The zero-order chi connectivity index (χ0) is 22.3. The number of halogens is 3. The van der Waals surface area contributed by atoms with Gasteiger partial charge >= 0.3 is 0 Å². The van der Waals surface area contributed by atoms with Gasteiger partial charge in [0.1, 0.15) is 0 Å². The van der Waals surface area contributed by atoms with Gasteiger partial charge < -0.3 is 4.52 Å². The second-order valence-electron chi connectivity index (χ2n) is 6.89.